The summed E-state index contributed by atoms with van der Waals surface area (Å²) < 4.78 is 0. The Labute approximate surface area is 268 Å². The maximum absolute atomic E-state index is 12.3. The van der Waals surface area contributed by atoms with Crippen molar-refractivity contribution in [1.29, 1.82) is 0 Å². The number of carbonyl (C=O) groups excluding carboxylic acids is 1. The van der Waals surface area contributed by atoms with Gasteiger partial charge in [-0.05, 0) is 12.8 Å². The first-order valence-corrected chi connectivity index (χ1v) is 19.0. The molecule has 0 radical (unpaired) electrons. The Bertz CT molecular complexity index is 596. The van der Waals surface area contributed by atoms with Crippen LogP contribution in [-0.4, -0.2) is 46.1 Å². The van der Waals surface area contributed by atoms with Crippen LogP contribution in [0.2, 0.25) is 0 Å². The molecule has 0 aromatic heterocycles. The van der Waals surface area contributed by atoms with Gasteiger partial charge in [0.05, 0.1) is 24.9 Å². The smallest absolute Gasteiger partial charge is 0.220 e. The van der Waals surface area contributed by atoms with Crippen molar-refractivity contribution in [1.82, 2.24) is 5.32 Å². The summed E-state index contributed by atoms with van der Waals surface area (Å²) >= 11 is 0. The van der Waals surface area contributed by atoms with Crippen LogP contribution in [0.15, 0.2) is 12.2 Å². The molecule has 3 atom stereocenters. The van der Waals surface area contributed by atoms with Gasteiger partial charge < -0.3 is 20.6 Å². The molecule has 0 aromatic carbocycles. The molecule has 3 unspecified atom stereocenters. The average Bonchev–Trinajstić information content (AvgIpc) is 3.01. The van der Waals surface area contributed by atoms with E-state index in [1.54, 1.807) is 6.08 Å². The predicted molar refractivity (Wildman–Crippen MR) is 185 cm³/mol. The predicted octanol–water partition coefficient (Wildman–Crippen LogP) is 10.1. The van der Waals surface area contributed by atoms with Gasteiger partial charge in [-0.1, -0.05) is 193 Å². The highest BCUT2D eigenvalue weighted by Crippen LogP contribution is 2.15. The number of hydrogen-bond donors (Lipinski definition) is 4. The van der Waals surface area contributed by atoms with Gasteiger partial charge in [-0.15, -0.1) is 0 Å². The van der Waals surface area contributed by atoms with E-state index in [0.717, 1.165) is 32.1 Å². The number of aliphatic hydroxyl groups is 3. The second-order valence-electron chi connectivity index (χ2n) is 13.2. The lowest BCUT2D eigenvalue weighted by Crippen LogP contribution is -2.45. The van der Waals surface area contributed by atoms with Gasteiger partial charge in [0.15, 0.2) is 0 Å². The largest absolute Gasteiger partial charge is 0.394 e. The first-order valence-electron chi connectivity index (χ1n) is 19.0. The van der Waals surface area contributed by atoms with Gasteiger partial charge in [0.1, 0.15) is 0 Å². The highest BCUT2D eigenvalue weighted by Gasteiger charge is 2.18. The highest BCUT2D eigenvalue weighted by molar-refractivity contribution is 5.76. The minimum absolute atomic E-state index is 0.127. The molecule has 0 spiro atoms. The lowest BCUT2D eigenvalue weighted by molar-refractivity contribution is -0.123. The third kappa shape index (κ3) is 30.9. The van der Waals surface area contributed by atoms with Crippen molar-refractivity contribution in [3.8, 4) is 0 Å². The first kappa shape index (κ1) is 42.1. The zero-order valence-corrected chi connectivity index (χ0v) is 28.8. The molecular weight excluding hydrogens is 534 g/mol. The second kappa shape index (κ2) is 34.0. The van der Waals surface area contributed by atoms with Crippen molar-refractivity contribution >= 4 is 5.91 Å². The zero-order chi connectivity index (χ0) is 31.6. The molecule has 5 nitrogen and oxygen atoms in total. The molecule has 0 aliphatic carbocycles. The summed E-state index contributed by atoms with van der Waals surface area (Å²) in [5.74, 6) is -0.127. The van der Waals surface area contributed by atoms with Crippen molar-refractivity contribution in [3.05, 3.63) is 12.2 Å². The topological polar surface area (TPSA) is 89.8 Å². The van der Waals surface area contributed by atoms with Crippen molar-refractivity contribution in [2.75, 3.05) is 6.61 Å². The van der Waals surface area contributed by atoms with Gasteiger partial charge in [-0.2, -0.15) is 0 Å². The molecule has 43 heavy (non-hydrogen) atoms. The van der Waals surface area contributed by atoms with Crippen molar-refractivity contribution < 1.29 is 20.1 Å². The molecule has 5 heteroatoms. The van der Waals surface area contributed by atoms with Crippen LogP contribution in [0.4, 0.5) is 0 Å². The quantitative estimate of drug-likeness (QED) is 0.0432. The van der Waals surface area contributed by atoms with E-state index in [4.69, 9.17) is 0 Å². The molecule has 0 heterocycles. The van der Waals surface area contributed by atoms with Crippen LogP contribution in [-0.2, 0) is 4.79 Å². The molecule has 0 saturated heterocycles. The van der Waals surface area contributed by atoms with Gasteiger partial charge in [0, 0.05) is 6.42 Å². The van der Waals surface area contributed by atoms with E-state index in [1.807, 2.05) is 0 Å². The van der Waals surface area contributed by atoms with Gasteiger partial charge >= 0.3 is 0 Å². The van der Waals surface area contributed by atoms with Gasteiger partial charge in [0.2, 0.25) is 5.91 Å². The maximum atomic E-state index is 12.3. The summed E-state index contributed by atoms with van der Waals surface area (Å²) in [4.78, 5) is 12.3. The summed E-state index contributed by atoms with van der Waals surface area (Å²) in [5.41, 5.74) is 0. The Kier molecular flexibility index (Phi) is 33.3. The molecule has 4 N–H and O–H groups in total. The average molecular weight is 610 g/mol. The molecule has 0 aliphatic rings. The van der Waals surface area contributed by atoms with Crippen LogP contribution in [0.1, 0.15) is 200 Å². The van der Waals surface area contributed by atoms with Gasteiger partial charge in [-0.25, -0.2) is 0 Å². The standard InChI is InChI=1S/C38H75NO4/c1-3-5-7-9-11-13-15-16-17-18-19-20-21-23-25-27-29-31-38(43)39-36(34-40)37(42)33-32-35(41)30-28-26-24-22-14-12-10-8-6-4-2/h32-33,35-37,40-42H,3-31,34H2,1-2H3,(H,39,43)/b33-32+. The SMILES string of the molecule is CCCCCCCCCCCCCCCCCCCC(=O)NC(CO)C(O)/C=C/C(O)CCCCCCCCCCCC. The van der Waals surface area contributed by atoms with Crippen molar-refractivity contribution in [3.63, 3.8) is 0 Å². The Morgan fingerprint density at radius 3 is 1.26 bits per heavy atom. The fourth-order valence-electron chi connectivity index (χ4n) is 5.84. The molecular formula is C38H75NO4. The van der Waals surface area contributed by atoms with E-state index in [9.17, 15) is 20.1 Å². The summed E-state index contributed by atoms with van der Waals surface area (Å²) in [5, 5.41) is 33.1. The minimum Gasteiger partial charge on any atom is -0.394 e. The number of aliphatic hydroxyl groups excluding tert-OH is 3. The van der Waals surface area contributed by atoms with Gasteiger partial charge in [0.25, 0.3) is 0 Å². The van der Waals surface area contributed by atoms with Crippen LogP contribution in [0, 0.1) is 0 Å². The van der Waals surface area contributed by atoms with Crippen LogP contribution in [0.3, 0.4) is 0 Å². The molecule has 0 aliphatic heterocycles. The summed E-state index contributed by atoms with van der Waals surface area (Å²) in [6.45, 7) is 4.19. The zero-order valence-electron chi connectivity index (χ0n) is 28.8. The number of unbranched alkanes of at least 4 members (excludes halogenated alkanes) is 25. The number of amides is 1. The summed E-state index contributed by atoms with van der Waals surface area (Å²) in [7, 11) is 0. The maximum Gasteiger partial charge on any atom is 0.220 e. The number of carbonyl (C=O) groups is 1. The summed E-state index contributed by atoms with van der Waals surface area (Å²) in [6, 6.07) is -0.737. The molecule has 1 amide bonds. The Balaban J connectivity index is 3.68. The van der Waals surface area contributed by atoms with Crippen LogP contribution >= 0.6 is 0 Å². The normalized spacial score (nSPS) is 13.9. The molecule has 0 rings (SSSR count). The third-order valence-electron chi connectivity index (χ3n) is 8.85. The third-order valence-corrected chi connectivity index (χ3v) is 8.85. The Hall–Kier alpha value is -0.910. The lowest BCUT2D eigenvalue weighted by Gasteiger charge is -2.20. The number of rotatable bonds is 34. The van der Waals surface area contributed by atoms with Crippen molar-refractivity contribution in [2.45, 2.75) is 218 Å². The number of hydrogen-bond acceptors (Lipinski definition) is 4. The second-order valence-corrected chi connectivity index (χ2v) is 13.2. The highest BCUT2D eigenvalue weighted by atomic mass is 16.3. The Morgan fingerprint density at radius 1 is 0.535 bits per heavy atom. The fourth-order valence-corrected chi connectivity index (χ4v) is 5.84. The molecule has 256 valence electrons. The Morgan fingerprint density at radius 2 is 0.884 bits per heavy atom. The van der Waals surface area contributed by atoms with E-state index in [1.165, 1.54) is 147 Å². The van der Waals surface area contributed by atoms with Crippen LogP contribution in [0.25, 0.3) is 0 Å². The van der Waals surface area contributed by atoms with Crippen LogP contribution < -0.4 is 5.32 Å². The molecule has 0 saturated carbocycles. The summed E-state index contributed by atoms with van der Waals surface area (Å²) in [6.07, 6.45) is 37.5. The van der Waals surface area contributed by atoms with E-state index in [-0.39, 0.29) is 12.5 Å². The molecule has 0 aromatic rings. The fraction of sp³-hybridized carbons (Fsp3) is 0.921. The van der Waals surface area contributed by atoms with E-state index in [0.29, 0.717) is 12.8 Å². The van der Waals surface area contributed by atoms with Gasteiger partial charge in [-0.3, -0.25) is 4.79 Å². The van der Waals surface area contributed by atoms with E-state index in [2.05, 4.69) is 19.2 Å². The van der Waals surface area contributed by atoms with E-state index < -0.39 is 18.2 Å². The van der Waals surface area contributed by atoms with E-state index >= 15 is 0 Å². The molecule has 0 fully saturated rings. The number of nitrogens with one attached hydrogen (secondary N) is 1. The lowest BCUT2D eigenvalue weighted by atomic mass is 10.0. The first-order chi connectivity index (χ1) is 21.0. The van der Waals surface area contributed by atoms with Crippen molar-refractivity contribution in [2.24, 2.45) is 0 Å². The minimum atomic E-state index is -1.01. The monoisotopic (exact) mass is 610 g/mol. The van der Waals surface area contributed by atoms with Crippen LogP contribution in [0.5, 0.6) is 0 Å². The molecule has 0 bridgehead atoms.